The molecule has 0 radical (unpaired) electrons. The highest BCUT2D eigenvalue weighted by atomic mass is 32.2. The number of nitrogens with zero attached hydrogens (tertiary/aromatic N) is 4. The van der Waals surface area contributed by atoms with E-state index in [0.29, 0.717) is 27.3 Å². The van der Waals surface area contributed by atoms with E-state index in [4.69, 9.17) is 4.42 Å². The Labute approximate surface area is 192 Å². The number of para-hydroxylation sites is 2. The molecule has 1 N–H and O–H groups in total. The summed E-state index contributed by atoms with van der Waals surface area (Å²) in [7, 11) is 0. The van der Waals surface area contributed by atoms with Gasteiger partial charge < -0.3 is 9.73 Å². The van der Waals surface area contributed by atoms with Gasteiger partial charge in [0.05, 0.1) is 35.6 Å². The fraction of sp³-hybridized carbons (Fsp3) is 0.125. The molecule has 0 fully saturated rings. The number of oxazole rings is 1. The van der Waals surface area contributed by atoms with Crippen LogP contribution in [0.25, 0.3) is 21.9 Å². The Balaban J connectivity index is 1.31. The van der Waals surface area contributed by atoms with Crippen molar-refractivity contribution in [3.63, 3.8) is 0 Å². The summed E-state index contributed by atoms with van der Waals surface area (Å²) in [5, 5.41) is 9.12. The van der Waals surface area contributed by atoms with Crippen molar-refractivity contribution in [1.82, 2.24) is 25.1 Å². The van der Waals surface area contributed by atoms with Crippen LogP contribution in [0.3, 0.4) is 0 Å². The Bertz CT molecular complexity index is 1460. The number of fused-ring (bicyclic) bond motifs is 2. The molecule has 0 aliphatic carbocycles. The molecule has 0 aliphatic heterocycles. The molecular formula is C24H19N5O3S. The van der Waals surface area contributed by atoms with E-state index < -0.39 is 0 Å². The van der Waals surface area contributed by atoms with Gasteiger partial charge in [-0.25, -0.2) is 9.67 Å². The highest BCUT2D eigenvalue weighted by Crippen LogP contribution is 2.23. The zero-order valence-electron chi connectivity index (χ0n) is 17.5. The van der Waals surface area contributed by atoms with Crippen molar-refractivity contribution in [2.24, 2.45) is 0 Å². The molecule has 8 nitrogen and oxygen atoms in total. The van der Waals surface area contributed by atoms with Gasteiger partial charge in [0.1, 0.15) is 5.52 Å². The van der Waals surface area contributed by atoms with Crippen molar-refractivity contribution in [1.29, 1.82) is 0 Å². The van der Waals surface area contributed by atoms with E-state index in [1.54, 1.807) is 12.3 Å². The van der Waals surface area contributed by atoms with Crippen molar-refractivity contribution in [2.45, 2.75) is 18.3 Å². The molecule has 3 heterocycles. The number of benzene rings is 2. The van der Waals surface area contributed by atoms with E-state index >= 15 is 0 Å². The van der Waals surface area contributed by atoms with Crippen molar-refractivity contribution in [2.75, 3.05) is 5.75 Å². The van der Waals surface area contributed by atoms with Gasteiger partial charge in [-0.2, -0.15) is 5.10 Å². The monoisotopic (exact) mass is 457 g/mol. The number of hydrogen-bond acceptors (Lipinski definition) is 7. The topological polar surface area (TPSA) is 103 Å². The first-order valence-corrected chi connectivity index (χ1v) is 11.3. The van der Waals surface area contributed by atoms with Gasteiger partial charge in [-0.1, -0.05) is 48.2 Å². The molecule has 5 aromatic rings. The first-order chi connectivity index (χ1) is 16.2. The van der Waals surface area contributed by atoms with Gasteiger partial charge in [-0.15, -0.1) is 0 Å². The second-order valence-electron chi connectivity index (χ2n) is 7.29. The first-order valence-electron chi connectivity index (χ1n) is 10.3. The smallest absolute Gasteiger partial charge is 0.275 e. The fourth-order valence-corrected chi connectivity index (χ4v) is 4.13. The van der Waals surface area contributed by atoms with Crippen LogP contribution in [0.2, 0.25) is 0 Å². The Morgan fingerprint density at radius 1 is 1.00 bits per heavy atom. The lowest BCUT2D eigenvalue weighted by Gasteiger charge is -2.11. The fourth-order valence-electron chi connectivity index (χ4n) is 3.46. The number of aromatic nitrogens is 4. The Morgan fingerprint density at radius 2 is 1.79 bits per heavy atom. The van der Waals surface area contributed by atoms with Crippen LogP contribution in [0.5, 0.6) is 0 Å². The maximum atomic E-state index is 12.9. The first kappa shape index (κ1) is 20.9. The minimum atomic E-state index is -0.196. The number of carbonyl (C=O) groups is 1. The third-order valence-electron chi connectivity index (χ3n) is 5.04. The number of pyridine rings is 1. The van der Waals surface area contributed by atoms with Gasteiger partial charge in [-0.3, -0.25) is 14.6 Å². The van der Waals surface area contributed by atoms with Crippen LogP contribution in [0.15, 0.2) is 87.4 Å². The summed E-state index contributed by atoms with van der Waals surface area (Å²) in [5.74, 6) is -0.0335. The predicted molar refractivity (Wildman–Crippen MR) is 126 cm³/mol. The van der Waals surface area contributed by atoms with Crippen LogP contribution in [0.1, 0.15) is 11.4 Å². The van der Waals surface area contributed by atoms with E-state index in [1.165, 1.54) is 16.4 Å². The van der Waals surface area contributed by atoms with E-state index in [9.17, 15) is 9.59 Å². The SMILES string of the molecule is O=C(CSc1nc2ccccc2o1)NCc1nn(Cc2ccccn2)c(=O)c2ccccc12. The highest BCUT2D eigenvalue weighted by Gasteiger charge is 2.13. The van der Waals surface area contributed by atoms with Gasteiger partial charge in [0, 0.05) is 11.6 Å². The zero-order chi connectivity index (χ0) is 22.6. The number of amides is 1. The predicted octanol–water partition coefficient (Wildman–Crippen LogP) is 3.39. The number of rotatable bonds is 7. The van der Waals surface area contributed by atoms with Crippen molar-refractivity contribution in [3.8, 4) is 0 Å². The maximum absolute atomic E-state index is 12.9. The Hall–Kier alpha value is -3.98. The molecule has 0 saturated carbocycles. The normalized spacial score (nSPS) is 11.2. The number of thioether (sulfide) groups is 1. The molecule has 2 aromatic carbocycles. The van der Waals surface area contributed by atoms with Crippen molar-refractivity contribution < 1.29 is 9.21 Å². The molecule has 5 rings (SSSR count). The van der Waals surface area contributed by atoms with Crippen LogP contribution >= 0.6 is 11.8 Å². The maximum Gasteiger partial charge on any atom is 0.275 e. The van der Waals surface area contributed by atoms with Gasteiger partial charge in [-0.05, 0) is 30.3 Å². The molecular weight excluding hydrogens is 438 g/mol. The van der Waals surface area contributed by atoms with Gasteiger partial charge in [0.2, 0.25) is 5.91 Å². The Morgan fingerprint density at radius 3 is 2.61 bits per heavy atom. The van der Waals surface area contributed by atoms with Crippen LogP contribution in [0.4, 0.5) is 0 Å². The molecule has 0 aliphatic rings. The van der Waals surface area contributed by atoms with Crippen LogP contribution < -0.4 is 10.9 Å². The highest BCUT2D eigenvalue weighted by molar-refractivity contribution is 7.99. The molecule has 0 unspecified atom stereocenters. The lowest BCUT2D eigenvalue weighted by molar-refractivity contribution is -0.118. The van der Waals surface area contributed by atoms with E-state index in [1.807, 2.05) is 60.7 Å². The molecule has 3 aromatic heterocycles. The van der Waals surface area contributed by atoms with E-state index in [-0.39, 0.29) is 30.3 Å². The molecule has 0 bridgehead atoms. The third-order valence-corrected chi connectivity index (χ3v) is 5.86. The molecule has 33 heavy (non-hydrogen) atoms. The Kier molecular flexibility index (Phi) is 5.86. The van der Waals surface area contributed by atoms with Crippen LogP contribution in [-0.2, 0) is 17.9 Å². The lowest BCUT2D eigenvalue weighted by atomic mass is 10.1. The van der Waals surface area contributed by atoms with E-state index in [0.717, 1.165) is 11.2 Å². The van der Waals surface area contributed by atoms with Gasteiger partial charge in [0.25, 0.3) is 10.8 Å². The average Bonchev–Trinajstić information content (AvgIpc) is 3.27. The zero-order valence-corrected chi connectivity index (χ0v) is 18.3. The number of hydrogen-bond donors (Lipinski definition) is 1. The van der Waals surface area contributed by atoms with Crippen molar-refractivity contribution >= 4 is 39.5 Å². The summed E-state index contributed by atoms with van der Waals surface area (Å²) in [4.78, 5) is 34.0. The van der Waals surface area contributed by atoms with Crippen LogP contribution in [0, 0.1) is 0 Å². The second-order valence-corrected chi connectivity index (χ2v) is 8.22. The minimum Gasteiger partial charge on any atom is -0.431 e. The van der Waals surface area contributed by atoms with Gasteiger partial charge >= 0.3 is 0 Å². The molecule has 1 amide bonds. The minimum absolute atomic E-state index is 0.151. The third kappa shape index (κ3) is 4.63. The van der Waals surface area contributed by atoms with Crippen LogP contribution in [-0.4, -0.2) is 31.4 Å². The summed E-state index contributed by atoms with van der Waals surface area (Å²) in [6.07, 6.45) is 1.68. The van der Waals surface area contributed by atoms with E-state index in [2.05, 4.69) is 20.4 Å². The molecule has 0 spiro atoms. The van der Waals surface area contributed by atoms with Gasteiger partial charge in [0.15, 0.2) is 5.58 Å². The molecule has 0 atom stereocenters. The summed E-state index contributed by atoms with van der Waals surface area (Å²) >= 11 is 1.23. The number of nitrogens with one attached hydrogen (secondary N) is 1. The summed E-state index contributed by atoms with van der Waals surface area (Å²) in [6.45, 7) is 0.439. The average molecular weight is 458 g/mol. The molecule has 0 saturated heterocycles. The standard InChI is InChI=1S/C24H19N5O3S/c30-22(15-33-24-27-19-10-3-4-11-21(19)32-24)26-13-20-17-8-1-2-9-18(17)23(31)29(28-20)14-16-7-5-6-12-25-16/h1-12H,13-15H2,(H,26,30). The van der Waals surface area contributed by atoms with Crippen molar-refractivity contribution in [3.05, 3.63) is 94.7 Å². The number of carbonyl (C=O) groups excluding carboxylic acids is 1. The largest absolute Gasteiger partial charge is 0.431 e. The second kappa shape index (κ2) is 9.25. The summed E-state index contributed by atoms with van der Waals surface area (Å²) in [6, 6.07) is 20.2. The molecule has 164 valence electrons. The lowest BCUT2D eigenvalue weighted by Crippen LogP contribution is -2.29. The molecule has 9 heteroatoms. The quantitative estimate of drug-likeness (QED) is 0.374. The summed E-state index contributed by atoms with van der Waals surface area (Å²) in [5.41, 5.74) is 2.59. The summed E-state index contributed by atoms with van der Waals surface area (Å²) < 4.78 is 7.03.